The second kappa shape index (κ2) is 4.59. The Morgan fingerprint density at radius 1 is 1.44 bits per heavy atom. The number of aryl methyl sites for hydroxylation is 1. The van der Waals surface area contributed by atoms with Crippen LogP contribution in [-0.4, -0.2) is 21.0 Å². The van der Waals surface area contributed by atoms with E-state index in [9.17, 15) is 4.79 Å². The van der Waals surface area contributed by atoms with Crippen molar-refractivity contribution in [3.63, 3.8) is 0 Å². The summed E-state index contributed by atoms with van der Waals surface area (Å²) in [5, 5.41) is 23.9. The summed E-state index contributed by atoms with van der Waals surface area (Å²) in [5.74, 6) is 0.365. The number of anilines is 1. The van der Waals surface area contributed by atoms with Crippen molar-refractivity contribution in [1.29, 1.82) is 5.26 Å². The number of nitrogens with zero attached hydrogens (tertiary/aromatic N) is 3. The Morgan fingerprint density at radius 2 is 2.11 bits per heavy atom. The highest BCUT2D eigenvalue weighted by Gasteiger charge is 2.09. The van der Waals surface area contributed by atoms with Crippen molar-refractivity contribution in [3.8, 4) is 11.8 Å². The molecule has 0 aliphatic heterocycles. The minimum Gasteiger partial charge on any atom is -0.465 e. The second-order valence-corrected chi connectivity index (χ2v) is 3.67. The molecule has 0 aliphatic carbocycles. The largest absolute Gasteiger partial charge is 0.465 e. The van der Waals surface area contributed by atoms with Gasteiger partial charge in [-0.1, -0.05) is 0 Å². The molecule has 0 bridgehead atoms. The maximum Gasteiger partial charge on any atom is 0.410 e. The molecular formula is C12H10N4O2. The van der Waals surface area contributed by atoms with Crippen LogP contribution in [0, 0.1) is 18.3 Å². The van der Waals surface area contributed by atoms with Crippen LogP contribution in [0.25, 0.3) is 5.69 Å². The van der Waals surface area contributed by atoms with Crippen LogP contribution in [0.3, 0.4) is 0 Å². The highest BCUT2D eigenvalue weighted by molar-refractivity contribution is 5.82. The first-order valence-electron chi connectivity index (χ1n) is 5.17. The smallest absolute Gasteiger partial charge is 0.410 e. The number of hydrogen-bond donors (Lipinski definition) is 2. The van der Waals surface area contributed by atoms with E-state index < -0.39 is 6.09 Å². The number of hydrogen-bond acceptors (Lipinski definition) is 3. The van der Waals surface area contributed by atoms with Crippen molar-refractivity contribution >= 4 is 11.9 Å². The average Bonchev–Trinajstić information content (AvgIpc) is 2.69. The van der Waals surface area contributed by atoms with Gasteiger partial charge in [0.1, 0.15) is 5.82 Å². The van der Waals surface area contributed by atoms with Crippen molar-refractivity contribution in [3.05, 3.63) is 41.6 Å². The Bertz CT molecular complexity index is 623. The monoisotopic (exact) mass is 242 g/mol. The van der Waals surface area contributed by atoms with E-state index in [1.807, 2.05) is 6.07 Å². The molecule has 0 aliphatic rings. The van der Waals surface area contributed by atoms with E-state index in [0.717, 1.165) is 0 Å². The zero-order valence-electron chi connectivity index (χ0n) is 9.58. The van der Waals surface area contributed by atoms with Gasteiger partial charge in [0, 0.05) is 6.07 Å². The molecule has 6 heteroatoms. The lowest BCUT2D eigenvalue weighted by Crippen LogP contribution is -2.11. The van der Waals surface area contributed by atoms with Gasteiger partial charge in [0.2, 0.25) is 0 Å². The first-order valence-corrected chi connectivity index (χ1v) is 5.17. The van der Waals surface area contributed by atoms with E-state index in [4.69, 9.17) is 10.4 Å². The van der Waals surface area contributed by atoms with E-state index in [1.165, 1.54) is 4.68 Å². The van der Waals surface area contributed by atoms with Crippen LogP contribution < -0.4 is 5.32 Å². The number of aromatic nitrogens is 2. The Labute approximate surface area is 103 Å². The third-order valence-corrected chi connectivity index (χ3v) is 2.31. The van der Waals surface area contributed by atoms with Gasteiger partial charge in [0.05, 0.1) is 23.0 Å². The molecule has 1 aromatic carbocycles. The Kier molecular flexibility index (Phi) is 2.98. The number of amides is 1. The predicted molar refractivity (Wildman–Crippen MR) is 64.7 cm³/mol. The standard InChI is InChI=1S/C12H10N4O2/c1-8-6-11(14-12(17)18)16(15-8)10-4-2-9(7-13)3-5-10/h2-6,14H,1H3,(H,17,18). The van der Waals surface area contributed by atoms with Crippen molar-refractivity contribution in [2.24, 2.45) is 0 Å². The third-order valence-electron chi connectivity index (χ3n) is 2.31. The van der Waals surface area contributed by atoms with Crippen molar-refractivity contribution < 1.29 is 9.90 Å². The molecule has 2 rings (SSSR count). The van der Waals surface area contributed by atoms with Gasteiger partial charge in [-0.25, -0.2) is 9.48 Å². The summed E-state index contributed by atoms with van der Waals surface area (Å²) in [5.41, 5.74) is 1.92. The first kappa shape index (κ1) is 11.7. The lowest BCUT2D eigenvalue weighted by Gasteiger charge is -2.06. The number of benzene rings is 1. The van der Waals surface area contributed by atoms with Crippen LogP contribution in [0.2, 0.25) is 0 Å². The minimum absolute atomic E-state index is 0.365. The molecule has 1 aromatic heterocycles. The number of rotatable bonds is 2. The number of carbonyl (C=O) groups is 1. The van der Waals surface area contributed by atoms with E-state index in [-0.39, 0.29) is 0 Å². The molecule has 1 amide bonds. The zero-order chi connectivity index (χ0) is 13.1. The molecule has 0 atom stereocenters. The molecule has 0 saturated heterocycles. The summed E-state index contributed by atoms with van der Waals surface area (Å²) < 4.78 is 1.48. The molecule has 0 spiro atoms. The topological polar surface area (TPSA) is 90.9 Å². The van der Waals surface area contributed by atoms with E-state index in [1.54, 1.807) is 37.3 Å². The minimum atomic E-state index is -1.15. The molecule has 2 N–H and O–H groups in total. The van der Waals surface area contributed by atoms with Crippen molar-refractivity contribution in [2.75, 3.05) is 5.32 Å². The van der Waals surface area contributed by atoms with Crippen LogP contribution in [0.1, 0.15) is 11.3 Å². The van der Waals surface area contributed by atoms with Crippen molar-refractivity contribution in [2.45, 2.75) is 6.92 Å². The van der Waals surface area contributed by atoms with Gasteiger partial charge in [-0.3, -0.25) is 5.32 Å². The first-order chi connectivity index (χ1) is 8.60. The molecule has 0 radical (unpaired) electrons. The highest BCUT2D eigenvalue weighted by Crippen LogP contribution is 2.17. The molecular weight excluding hydrogens is 232 g/mol. The molecule has 18 heavy (non-hydrogen) atoms. The van der Waals surface area contributed by atoms with Crippen LogP contribution in [0.5, 0.6) is 0 Å². The van der Waals surface area contributed by atoms with Crippen LogP contribution in [-0.2, 0) is 0 Å². The normalized spacial score (nSPS) is 9.78. The molecule has 2 aromatic rings. The second-order valence-electron chi connectivity index (χ2n) is 3.67. The molecule has 0 saturated carbocycles. The summed E-state index contributed by atoms with van der Waals surface area (Å²) in [6.45, 7) is 1.77. The number of nitriles is 1. The molecule has 90 valence electrons. The molecule has 0 unspecified atom stereocenters. The zero-order valence-corrected chi connectivity index (χ0v) is 9.58. The summed E-state index contributed by atoms with van der Waals surface area (Å²) in [4.78, 5) is 10.7. The quantitative estimate of drug-likeness (QED) is 0.844. The Hall–Kier alpha value is -2.81. The Balaban J connectivity index is 2.43. The maximum absolute atomic E-state index is 10.7. The fraction of sp³-hybridized carbons (Fsp3) is 0.0833. The van der Waals surface area contributed by atoms with Gasteiger partial charge in [-0.15, -0.1) is 0 Å². The summed E-state index contributed by atoms with van der Waals surface area (Å²) >= 11 is 0. The van der Waals surface area contributed by atoms with Gasteiger partial charge in [0.15, 0.2) is 0 Å². The number of nitrogens with one attached hydrogen (secondary N) is 1. The van der Waals surface area contributed by atoms with E-state index >= 15 is 0 Å². The molecule has 0 fully saturated rings. The van der Waals surface area contributed by atoms with Gasteiger partial charge in [-0.2, -0.15) is 10.4 Å². The number of carboxylic acid groups (broad SMARTS) is 1. The lowest BCUT2D eigenvalue weighted by atomic mass is 10.2. The van der Waals surface area contributed by atoms with E-state index in [0.29, 0.717) is 22.8 Å². The maximum atomic E-state index is 10.7. The fourth-order valence-electron chi connectivity index (χ4n) is 1.57. The van der Waals surface area contributed by atoms with E-state index in [2.05, 4.69) is 10.4 Å². The predicted octanol–water partition coefficient (Wildman–Crippen LogP) is 2.14. The van der Waals surface area contributed by atoms with Crippen molar-refractivity contribution in [1.82, 2.24) is 9.78 Å². The molecule has 1 heterocycles. The highest BCUT2D eigenvalue weighted by atomic mass is 16.4. The summed E-state index contributed by atoms with van der Waals surface area (Å²) in [6.07, 6.45) is -1.15. The van der Waals surface area contributed by atoms with Crippen LogP contribution in [0.15, 0.2) is 30.3 Å². The third kappa shape index (κ3) is 2.30. The van der Waals surface area contributed by atoms with Crippen LogP contribution in [0.4, 0.5) is 10.6 Å². The van der Waals surface area contributed by atoms with Gasteiger partial charge in [-0.05, 0) is 31.2 Å². The van der Waals surface area contributed by atoms with Gasteiger partial charge in [0.25, 0.3) is 0 Å². The van der Waals surface area contributed by atoms with Gasteiger partial charge < -0.3 is 5.11 Å². The van der Waals surface area contributed by atoms with Crippen LogP contribution >= 0.6 is 0 Å². The average molecular weight is 242 g/mol. The Morgan fingerprint density at radius 3 is 2.67 bits per heavy atom. The SMILES string of the molecule is Cc1cc(NC(=O)O)n(-c2ccc(C#N)cc2)n1. The summed E-state index contributed by atoms with van der Waals surface area (Å²) in [6, 6.07) is 10.4. The summed E-state index contributed by atoms with van der Waals surface area (Å²) in [7, 11) is 0. The molecule has 6 nitrogen and oxygen atoms in total. The fourth-order valence-corrected chi connectivity index (χ4v) is 1.57. The van der Waals surface area contributed by atoms with Gasteiger partial charge >= 0.3 is 6.09 Å². The lowest BCUT2D eigenvalue weighted by molar-refractivity contribution is 0.209.